The van der Waals surface area contributed by atoms with Gasteiger partial charge in [0, 0.05) is 22.5 Å². The molecule has 0 amide bonds. The van der Waals surface area contributed by atoms with Gasteiger partial charge in [-0.05, 0) is 30.3 Å². The minimum Gasteiger partial charge on any atom is -0.495 e. The lowest BCUT2D eigenvalue weighted by atomic mass is 10.2. The molecular weight excluding hydrogens is 433 g/mol. The van der Waals surface area contributed by atoms with Crippen LogP contribution >= 0.6 is 35.0 Å². The van der Waals surface area contributed by atoms with E-state index >= 15 is 0 Å². The first kappa shape index (κ1) is 19.8. The summed E-state index contributed by atoms with van der Waals surface area (Å²) >= 11 is 13.9. The highest BCUT2D eigenvalue weighted by molar-refractivity contribution is 7.98. The molecule has 0 saturated carbocycles. The van der Waals surface area contributed by atoms with Crippen LogP contribution in [0.4, 0.5) is 0 Å². The molecule has 4 aromatic rings. The van der Waals surface area contributed by atoms with Crippen LogP contribution in [0.3, 0.4) is 0 Å². The first-order chi connectivity index (χ1) is 14.0. The Bertz CT molecular complexity index is 1160. The molecule has 0 bridgehead atoms. The van der Waals surface area contributed by atoms with Crippen molar-refractivity contribution in [2.24, 2.45) is 0 Å². The molecule has 148 valence electrons. The van der Waals surface area contributed by atoms with Gasteiger partial charge in [-0.25, -0.2) is 0 Å². The van der Waals surface area contributed by atoms with E-state index in [1.165, 1.54) is 11.8 Å². The maximum absolute atomic E-state index is 6.27. The Kier molecular flexibility index (Phi) is 5.75. The van der Waals surface area contributed by atoms with Gasteiger partial charge < -0.3 is 9.15 Å². The van der Waals surface area contributed by atoms with E-state index in [9.17, 15) is 0 Å². The largest absolute Gasteiger partial charge is 0.495 e. The van der Waals surface area contributed by atoms with Crippen LogP contribution in [0.25, 0.3) is 17.1 Å². The molecule has 10 heteroatoms. The van der Waals surface area contributed by atoms with Crippen molar-refractivity contribution in [2.45, 2.75) is 17.8 Å². The quantitative estimate of drug-likeness (QED) is 0.374. The SMILES string of the molecule is COc1ccc(Cl)cc1-n1c(SCc2nnc(C)o2)nnc1-c1cccc(Cl)c1. The molecule has 29 heavy (non-hydrogen) atoms. The number of thioether (sulfide) groups is 1. The second-order valence-electron chi connectivity index (χ2n) is 5.97. The summed E-state index contributed by atoms with van der Waals surface area (Å²) in [5.41, 5.74) is 1.52. The van der Waals surface area contributed by atoms with Gasteiger partial charge in [0.05, 0.1) is 18.6 Å². The first-order valence-electron chi connectivity index (χ1n) is 8.52. The zero-order valence-corrected chi connectivity index (χ0v) is 17.8. The number of aromatic nitrogens is 5. The molecule has 0 fully saturated rings. The molecule has 2 aromatic heterocycles. The molecule has 0 aliphatic heterocycles. The van der Waals surface area contributed by atoms with Crippen LogP contribution in [0, 0.1) is 6.92 Å². The normalized spacial score (nSPS) is 11.0. The lowest BCUT2D eigenvalue weighted by Gasteiger charge is -2.14. The Balaban J connectivity index is 1.83. The molecule has 2 heterocycles. The molecule has 0 aliphatic rings. The zero-order chi connectivity index (χ0) is 20.4. The third-order valence-corrected chi connectivity index (χ3v) is 5.37. The fourth-order valence-corrected chi connectivity index (χ4v) is 3.89. The third kappa shape index (κ3) is 4.24. The molecule has 7 nitrogen and oxygen atoms in total. The van der Waals surface area contributed by atoms with Crippen molar-refractivity contribution in [1.29, 1.82) is 0 Å². The van der Waals surface area contributed by atoms with Gasteiger partial charge in [0.2, 0.25) is 11.8 Å². The summed E-state index contributed by atoms with van der Waals surface area (Å²) in [5, 5.41) is 18.4. The Morgan fingerprint density at radius 2 is 1.86 bits per heavy atom. The van der Waals surface area contributed by atoms with Crippen molar-refractivity contribution >= 4 is 35.0 Å². The van der Waals surface area contributed by atoms with Crippen molar-refractivity contribution < 1.29 is 9.15 Å². The molecular formula is C19H15Cl2N5O2S. The van der Waals surface area contributed by atoms with Gasteiger partial charge in [0.25, 0.3) is 0 Å². The minimum atomic E-state index is 0.442. The predicted molar refractivity (Wildman–Crippen MR) is 112 cm³/mol. The predicted octanol–water partition coefficient (Wildman–Crippen LogP) is 5.23. The van der Waals surface area contributed by atoms with Gasteiger partial charge in [-0.1, -0.05) is 47.1 Å². The standard InChI is InChI=1S/C19H15Cl2N5O2S/c1-11-22-23-17(28-11)10-29-19-25-24-18(12-4-3-5-13(20)8-12)26(19)15-9-14(21)6-7-16(15)27-2/h3-9H,10H2,1-2H3. The number of hydrogen-bond donors (Lipinski definition) is 0. The number of nitrogens with zero attached hydrogens (tertiary/aromatic N) is 5. The lowest BCUT2D eigenvalue weighted by molar-refractivity contribution is 0.412. The van der Waals surface area contributed by atoms with Crippen LogP contribution in [0.15, 0.2) is 52.0 Å². The Labute approximate surface area is 181 Å². The Morgan fingerprint density at radius 3 is 2.59 bits per heavy atom. The van der Waals surface area contributed by atoms with Crippen LogP contribution in [-0.4, -0.2) is 32.1 Å². The number of rotatable bonds is 6. The van der Waals surface area contributed by atoms with Crippen LogP contribution in [-0.2, 0) is 5.75 Å². The van der Waals surface area contributed by atoms with Crippen LogP contribution < -0.4 is 4.74 Å². The highest BCUT2D eigenvalue weighted by atomic mass is 35.5. The maximum atomic E-state index is 6.27. The second kappa shape index (κ2) is 8.44. The summed E-state index contributed by atoms with van der Waals surface area (Å²) in [6.07, 6.45) is 0. The molecule has 0 spiro atoms. The first-order valence-corrected chi connectivity index (χ1v) is 10.3. The second-order valence-corrected chi connectivity index (χ2v) is 7.79. The van der Waals surface area contributed by atoms with Crippen molar-refractivity contribution in [3.8, 4) is 22.8 Å². The smallest absolute Gasteiger partial charge is 0.226 e. The Hall–Kier alpha value is -2.55. The van der Waals surface area contributed by atoms with E-state index in [4.69, 9.17) is 32.4 Å². The van der Waals surface area contributed by atoms with Gasteiger partial charge >= 0.3 is 0 Å². The van der Waals surface area contributed by atoms with Crippen molar-refractivity contribution in [2.75, 3.05) is 7.11 Å². The van der Waals surface area contributed by atoms with Gasteiger partial charge in [-0.2, -0.15) is 0 Å². The third-order valence-electron chi connectivity index (χ3n) is 3.99. The van der Waals surface area contributed by atoms with E-state index < -0.39 is 0 Å². The summed E-state index contributed by atoms with van der Waals surface area (Å²) in [6, 6.07) is 12.8. The summed E-state index contributed by atoms with van der Waals surface area (Å²) in [6.45, 7) is 1.75. The average molecular weight is 448 g/mol. The monoisotopic (exact) mass is 447 g/mol. The molecule has 0 unspecified atom stereocenters. The molecule has 0 atom stereocenters. The van der Waals surface area contributed by atoms with E-state index in [0.29, 0.717) is 50.0 Å². The number of benzene rings is 2. The van der Waals surface area contributed by atoms with E-state index in [0.717, 1.165) is 5.56 Å². The number of methoxy groups -OCH3 is 1. The van der Waals surface area contributed by atoms with Gasteiger partial charge in [0.1, 0.15) is 5.75 Å². The summed E-state index contributed by atoms with van der Waals surface area (Å²) in [5.74, 6) is 2.70. The maximum Gasteiger partial charge on any atom is 0.226 e. The van der Waals surface area contributed by atoms with Gasteiger partial charge in [0.15, 0.2) is 11.0 Å². The van der Waals surface area contributed by atoms with E-state index in [-0.39, 0.29) is 0 Å². The number of halogens is 2. The molecule has 4 rings (SSSR count). The highest BCUT2D eigenvalue weighted by Gasteiger charge is 2.20. The summed E-state index contributed by atoms with van der Waals surface area (Å²) < 4.78 is 12.9. The van der Waals surface area contributed by atoms with Crippen molar-refractivity contribution in [3.63, 3.8) is 0 Å². The fourth-order valence-electron chi connectivity index (χ4n) is 2.76. The average Bonchev–Trinajstić information content (AvgIpc) is 3.32. The van der Waals surface area contributed by atoms with Gasteiger partial charge in [-0.15, -0.1) is 20.4 Å². The van der Waals surface area contributed by atoms with E-state index in [1.54, 1.807) is 38.3 Å². The molecule has 0 radical (unpaired) electrons. The van der Waals surface area contributed by atoms with Crippen LogP contribution in [0.1, 0.15) is 11.8 Å². The van der Waals surface area contributed by atoms with E-state index in [2.05, 4.69) is 20.4 Å². The van der Waals surface area contributed by atoms with Crippen LogP contribution in [0.2, 0.25) is 10.0 Å². The molecule has 0 aliphatic carbocycles. The fraction of sp³-hybridized carbons (Fsp3) is 0.158. The Morgan fingerprint density at radius 1 is 1.03 bits per heavy atom. The van der Waals surface area contributed by atoms with E-state index in [1.807, 2.05) is 22.8 Å². The number of aryl methyl sites for hydroxylation is 1. The summed E-state index contributed by atoms with van der Waals surface area (Å²) in [4.78, 5) is 0. The van der Waals surface area contributed by atoms with Gasteiger partial charge in [-0.3, -0.25) is 4.57 Å². The number of hydrogen-bond acceptors (Lipinski definition) is 7. The molecule has 0 saturated heterocycles. The highest BCUT2D eigenvalue weighted by Crippen LogP contribution is 2.35. The lowest BCUT2D eigenvalue weighted by Crippen LogP contribution is -2.02. The zero-order valence-electron chi connectivity index (χ0n) is 15.5. The van der Waals surface area contributed by atoms with Crippen molar-refractivity contribution in [3.05, 3.63) is 64.3 Å². The summed E-state index contributed by atoms with van der Waals surface area (Å²) in [7, 11) is 1.60. The van der Waals surface area contributed by atoms with Crippen LogP contribution in [0.5, 0.6) is 5.75 Å². The topological polar surface area (TPSA) is 78.9 Å². The molecule has 0 N–H and O–H groups in total. The molecule has 2 aromatic carbocycles. The van der Waals surface area contributed by atoms with Crippen molar-refractivity contribution in [1.82, 2.24) is 25.0 Å². The minimum absolute atomic E-state index is 0.442. The number of ether oxygens (including phenoxy) is 1.